The Morgan fingerprint density at radius 2 is 2.14 bits per heavy atom. The number of aliphatic hydroxyl groups excluding tert-OH is 2. The molecule has 0 aliphatic carbocycles. The molecule has 0 aliphatic rings. The Kier molecular flexibility index (Phi) is 2.91. The minimum absolute atomic E-state index is 0.218. The highest BCUT2D eigenvalue weighted by molar-refractivity contribution is 4.71. The van der Waals surface area contributed by atoms with Crippen LogP contribution in [-0.2, 0) is 0 Å². The Morgan fingerprint density at radius 3 is 2.14 bits per heavy atom. The monoisotopic (exact) mass is 104 g/mol. The van der Waals surface area contributed by atoms with Crippen molar-refractivity contribution in [2.75, 3.05) is 6.61 Å². The lowest BCUT2D eigenvalue weighted by atomic mass is 10.2. The minimum atomic E-state index is -0.856. The molecule has 2 unspecified atom stereocenters. The first-order valence-corrected chi connectivity index (χ1v) is 2.06. The maximum absolute atomic E-state index is 8.42. The van der Waals surface area contributed by atoms with Crippen LogP contribution in [0.2, 0.25) is 0 Å². The standard InChI is InChI=1S/C4H10NO2/c1-3(7)4(5)2-6/h3-4,6-7H,1-2,5H2. The average Bonchev–Trinajstić information content (AvgIpc) is 1.65. The maximum atomic E-state index is 8.42. The summed E-state index contributed by atoms with van der Waals surface area (Å²) < 4.78 is 0. The zero-order valence-electron chi connectivity index (χ0n) is 4.04. The summed E-state index contributed by atoms with van der Waals surface area (Å²) in [6.07, 6.45) is -0.856. The fourth-order valence-electron chi connectivity index (χ4n) is 0.122. The molecule has 0 rings (SSSR count). The van der Waals surface area contributed by atoms with E-state index in [2.05, 4.69) is 6.92 Å². The summed E-state index contributed by atoms with van der Waals surface area (Å²) in [7, 11) is 0. The van der Waals surface area contributed by atoms with Crippen molar-refractivity contribution in [1.29, 1.82) is 0 Å². The van der Waals surface area contributed by atoms with E-state index in [4.69, 9.17) is 15.9 Å². The van der Waals surface area contributed by atoms with Gasteiger partial charge in [-0.2, -0.15) is 0 Å². The quantitative estimate of drug-likeness (QED) is 0.399. The molecule has 0 saturated heterocycles. The van der Waals surface area contributed by atoms with Gasteiger partial charge in [-0.1, -0.05) is 0 Å². The van der Waals surface area contributed by atoms with Gasteiger partial charge in [0.15, 0.2) is 0 Å². The zero-order chi connectivity index (χ0) is 5.86. The van der Waals surface area contributed by atoms with Crippen LogP contribution in [0.3, 0.4) is 0 Å². The molecule has 3 heteroatoms. The lowest BCUT2D eigenvalue weighted by Gasteiger charge is -2.08. The van der Waals surface area contributed by atoms with Gasteiger partial charge in [-0.15, -0.1) is 0 Å². The Morgan fingerprint density at radius 1 is 1.71 bits per heavy atom. The second-order valence-electron chi connectivity index (χ2n) is 1.41. The smallest absolute Gasteiger partial charge is 0.0714 e. The van der Waals surface area contributed by atoms with Crippen LogP contribution in [0.5, 0.6) is 0 Å². The van der Waals surface area contributed by atoms with E-state index in [0.717, 1.165) is 0 Å². The van der Waals surface area contributed by atoms with Gasteiger partial charge in [0.1, 0.15) is 0 Å². The van der Waals surface area contributed by atoms with E-state index >= 15 is 0 Å². The van der Waals surface area contributed by atoms with Crippen LogP contribution in [-0.4, -0.2) is 29.0 Å². The third-order valence-corrected chi connectivity index (χ3v) is 0.705. The van der Waals surface area contributed by atoms with Crippen LogP contribution >= 0.6 is 0 Å². The van der Waals surface area contributed by atoms with Crippen LogP contribution in [0.4, 0.5) is 0 Å². The largest absolute Gasteiger partial charge is 0.395 e. The molecular formula is C4H10NO2. The van der Waals surface area contributed by atoms with Crippen molar-refractivity contribution in [2.45, 2.75) is 12.1 Å². The molecule has 0 amide bonds. The Balaban J connectivity index is 3.14. The molecule has 0 bridgehead atoms. The molecule has 0 spiro atoms. The van der Waals surface area contributed by atoms with Gasteiger partial charge in [-0.25, -0.2) is 0 Å². The highest BCUT2D eigenvalue weighted by atomic mass is 16.3. The van der Waals surface area contributed by atoms with Crippen molar-refractivity contribution in [1.82, 2.24) is 0 Å². The molecule has 0 aromatic heterocycles. The average molecular weight is 104 g/mol. The Bertz CT molecular complexity index is 47.0. The topological polar surface area (TPSA) is 66.5 Å². The van der Waals surface area contributed by atoms with Gasteiger partial charge in [0.05, 0.1) is 18.8 Å². The molecule has 4 N–H and O–H groups in total. The van der Waals surface area contributed by atoms with E-state index in [0.29, 0.717) is 0 Å². The van der Waals surface area contributed by atoms with Crippen LogP contribution in [0.25, 0.3) is 0 Å². The molecule has 1 radical (unpaired) electrons. The number of hydrogen-bond acceptors (Lipinski definition) is 3. The summed E-state index contributed by atoms with van der Waals surface area (Å²) in [5.74, 6) is 0. The molecule has 0 saturated carbocycles. The van der Waals surface area contributed by atoms with E-state index in [1.165, 1.54) is 0 Å². The lowest BCUT2D eigenvalue weighted by Crippen LogP contribution is -2.35. The molecular weight excluding hydrogens is 94.0 g/mol. The SMILES string of the molecule is [CH2]C(O)C(N)CO. The minimum Gasteiger partial charge on any atom is -0.395 e. The third kappa shape index (κ3) is 2.56. The molecule has 7 heavy (non-hydrogen) atoms. The summed E-state index contributed by atoms with van der Waals surface area (Å²) in [6.45, 7) is 2.96. The Labute approximate surface area is 42.8 Å². The normalized spacial score (nSPS) is 18.9. The molecule has 3 nitrogen and oxygen atoms in total. The lowest BCUT2D eigenvalue weighted by molar-refractivity contribution is 0.142. The van der Waals surface area contributed by atoms with E-state index < -0.39 is 12.1 Å². The second-order valence-corrected chi connectivity index (χ2v) is 1.41. The molecule has 0 aliphatic heterocycles. The highest BCUT2D eigenvalue weighted by Gasteiger charge is 2.05. The van der Waals surface area contributed by atoms with Crippen LogP contribution in [0.1, 0.15) is 0 Å². The van der Waals surface area contributed by atoms with E-state index in [-0.39, 0.29) is 6.61 Å². The van der Waals surface area contributed by atoms with Crippen LogP contribution in [0, 0.1) is 6.92 Å². The molecule has 43 valence electrons. The zero-order valence-corrected chi connectivity index (χ0v) is 4.04. The summed E-state index contributed by atoms with van der Waals surface area (Å²) in [5.41, 5.74) is 5.05. The van der Waals surface area contributed by atoms with Gasteiger partial charge in [0, 0.05) is 0 Å². The molecule has 0 fully saturated rings. The number of hydrogen-bond donors (Lipinski definition) is 3. The van der Waals surface area contributed by atoms with E-state index in [9.17, 15) is 0 Å². The van der Waals surface area contributed by atoms with Crippen molar-refractivity contribution in [3.63, 3.8) is 0 Å². The summed E-state index contributed by atoms with van der Waals surface area (Å²) >= 11 is 0. The number of aliphatic hydroxyl groups is 2. The summed E-state index contributed by atoms with van der Waals surface area (Å²) in [5, 5.41) is 16.6. The van der Waals surface area contributed by atoms with Gasteiger partial charge >= 0.3 is 0 Å². The van der Waals surface area contributed by atoms with Gasteiger partial charge in [0.25, 0.3) is 0 Å². The predicted octanol–water partition coefficient (Wildman–Crippen LogP) is -1.50. The van der Waals surface area contributed by atoms with Gasteiger partial charge in [0.2, 0.25) is 0 Å². The number of rotatable bonds is 2. The predicted molar refractivity (Wildman–Crippen MR) is 26.4 cm³/mol. The van der Waals surface area contributed by atoms with E-state index in [1.54, 1.807) is 0 Å². The van der Waals surface area contributed by atoms with Crippen molar-refractivity contribution in [3.05, 3.63) is 6.92 Å². The molecule has 0 aromatic rings. The van der Waals surface area contributed by atoms with Crippen molar-refractivity contribution < 1.29 is 10.2 Å². The van der Waals surface area contributed by atoms with Gasteiger partial charge in [-0.3, -0.25) is 0 Å². The van der Waals surface area contributed by atoms with Gasteiger partial charge < -0.3 is 15.9 Å². The van der Waals surface area contributed by atoms with Crippen molar-refractivity contribution in [3.8, 4) is 0 Å². The van der Waals surface area contributed by atoms with Crippen molar-refractivity contribution >= 4 is 0 Å². The van der Waals surface area contributed by atoms with Crippen molar-refractivity contribution in [2.24, 2.45) is 5.73 Å². The van der Waals surface area contributed by atoms with Gasteiger partial charge in [-0.05, 0) is 6.92 Å². The fraction of sp³-hybridized carbons (Fsp3) is 0.750. The summed E-state index contributed by atoms with van der Waals surface area (Å²) in [4.78, 5) is 0. The first-order valence-electron chi connectivity index (χ1n) is 2.06. The van der Waals surface area contributed by atoms with Crippen LogP contribution in [0.15, 0.2) is 0 Å². The van der Waals surface area contributed by atoms with E-state index in [1.807, 2.05) is 0 Å². The number of nitrogens with two attached hydrogens (primary N) is 1. The first kappa shape index (κ1) is 6.88. The third-order valence-electron chi connectivity index (χ3n) is 0.705. The Hall–Kier alpha value is -0.120. The first-order chi connectivity index (χ1) is 3.18. The molecule has 0 aromatic carbocycles. The second kappa shape index (κ2) is 2.96. The maximum Gasteiger partial charge on any atom is 0.0714 e. The fourth-order valence-corrected chi connectivity index (χ4v) is 0.122. The summed E-state index contributed by atoms with van der Waals surface area (Å²) in [6, 6.07) is -0.597. The molecule has 0 heterocycles. The molecule has 2 atom stereocenters. The van der Waals surface area contributed by atoms with Crippen LogP contribution < -0.4 is 5.73 Å². The highest BCUT2D eigenvalue weighted by Crippen LogP contribution is 1.82.